The molecule has 1 N–H and O–H groups in total. The zero-order valence-corrected chi connectivity index (χ0v) is 19.4. The molecule has 0 spiro atoms. The molecule has 0 aliphatic carbocycles. The van der Waals surface area contributed by atoms with Crippen molar-refractivity contribution in [1.29, 1.82) is 0 Å². The molecule has 1 aliphatic rings. The van der Waals surface area contributed by atoms with Crippen molar-refractivity contribution in [2.45, 2.75) is 33.0 Å². The van der Waals surface area contributed by atoms with E-state index in [0.29, 0.717) is 29.3 Å². The largest absolute Gasteiger partial charge is 0.463 e. The lowest BCUT2D eigenvalue weighted by Gasteiger charge is -2.31. The number of allylic oxidation sites excluding steroid dienone is 1. The van der Waals surface area contributed by atoms with E-state index in [1.807, 2.05) is 29.8 Å². The molecule has 176 valence electrons. The van der Waals surface area contributed by atoms with E-state index in [2.05, 4.69) is 27.3 Å². The van der Waals surface area contributed by atoms with Gasteiger partial charge in [0.05, 0.1) is 35.0 Å². The summed E-state index contributed by atoms with van der Waals surface area (Å²) in [6, 6.07) is 15.9. The third-order valence-electron chi connectivity index (χ3n) is 5.73. The normalized spacial score (nSPS) is 15.1. The molecule has 0 saturated carbocycles. The van der Waals surface area contributed by atoms with Gasteiger partial charge >= 0.3 is 5.97 Å². The second-order valence-corrected chi connectivity index (χ2v) is 8.24. The summed E-state index contributed by atoms with van der Waals surface area (Å²) in [5, 5.41) is 14.7. The standard InChI is InChI=1S/C25H27N5O4/c1-4-34-24(31)22-17(2)27-25-26-14-21(16-28(3)15-18-9-6-5-7-10-18)29(25)23(22)19-11-8-12-20(13-19)30(32)33/h5-14,23H,4,15-16H2,1-3H3,(H,26,27). The summed E-state index contributed by atoms with van der Waals surface area (Å²) in [7, 11) is 2.01. The van der Waals surface area contributed by atoms with Crippen LogP contribution in [0.25, 0.3) is 0 Å². The molecule has 2 heterocycles. The number of nitro benzene ring substituents is 1. The van der Waals surface area contributed by atoms with Crippen LogP contribution in [0.1, 0.15) is 36.7 Å². The Kier molecular flexibility index (Phi) is 6.74. The molecule has 34 heavy (non-hydrogen) atoms. The van der Waals surface area contributed by atoms with Crippen LogP contribution in [0.3, 0.4) is 0 Å². The number of ether oxygens (including phenoxy) is 1. The van der Waals surface area contributed by atoms with E-state index in [-0.39, 0.29) is 12.3 Å². The summed E-state index contributed by atoms with van der Waals surface area (Å²) in [5.41, 5.74) is 3.63. The minimum absolute atomic E-state index is 0.0405. The van der Waals surface area contributed by atoms with Gasteiger partial charge in [0, 0.05) is 30.9 Å². The van der Waals surface area contributed by atoms with E-state index in [0.717, 1.165) is 12.2 Å². The van der Waals surface area contributed by atoms with Crippen molar-refractivity contribution in [3.63, 3.8) is 0 Å². The van der Waals surface area contributed by atoms with Crippen LogP contribution in [0, 0.1) is 10.1 Å². The predicted molar refractivity (Wildman–Crippen MR) is 128 cm³/mol. The van der Waals surface area contributed by atoms with Crippen LogP contribution in [-0.4, -0.2) is 39.0 Å². The smallest absolute Gasteiger partial charge is 0.338 e. The van der Waals surface area contributed by atoms with Gasteiger partial charge in [-0.3, -0.25) is 15.0 Å². The van der Waals surface area contributed by atoms with Crippen LogP contribution >= 0.6 is 0 Å². The van der Waals surface area contributed by atoms with Crippen molar-refractivity contribution in [3.8, 4) is 0 Å². The summed E-state index contributed by atoms with van der Waals surface area (Å²) in [6.45, 7) is 5.05. The number of anilines is 1. The molecule has 1 unspecified atom stereocenters. The second-order valence-electron chi connectivity index (χ2n) is 8.24. The zero-order chi connectivity index (χ0) is 24.2. The first-order valence-corrected chi connectivity index (χ1v) is 11.1. The Labute approximate surface area is 197 Å². The third kappa shape index (κ3) is 4.69. The SMILES string of the molecule is CCOC(=O)C1=C(C)Nc2ncc(CN(C)Cc3ccccc3)n2C1c1cccc([N+](=O)[O-])c1. The third-order valence-corrected chi connectivity index (χ3v) is 5.73. The minimum Gasteiger partial charge on any atom is -0.463 e. The number of carbonyl (C=O) groups is 1. The number of nitro groups is 1. The molecule has 0 fully saturated rings. The number of nitrogens with zero attached hydrogens (tertiary/aromatic N) is 4. The van der Waals surface area contributed by atoms with E-state index < -0.39 is 16.9 Å². The maximum absolute atomic E-state index is 13.0. The molecule has 0 bridgehead atoms. The molecule has 1 aliphatic heterocycles. The predicted octanol–water partition coefficient (Wildman–Crippen LogP) is 4.28. The van der Waals surface area contributed by atoms with Gasteiger partial charge in [-0.05, 0) is 32.0 Å². The fraction of sp³-hybridized carbons (Fsp3) is 0.280. The highest BCUT2D eigenvalue weighted by atomic mass is 16.6. The average molecular weight is 462 g/mol. The molecule has 2 aromatic carbocycles. The minimum atomic E-state index is -0.613. The Morgan fingerprint density at radius 1 is 1.21 bits per heavy atom. The lowest BCUT2D eigenvalue weighted by Crippen LogP contribution is -2.31. The molecule has 9 heteroatoms. The van der Waals surface area contributed by atoms with Gasteiger partial charge in [0.25, 0.3) is 5.69 Å². The maximum Gasteiger partial charge on any atom is 0.338 e. The Balaban J connectivity index is 1.76. The van der Waals surface area contributed by atoms with Crippen LogP contribution in [0.15, 0.2) is 72.1 Å². The number of rotatable bonds is 8. The van der Waals surface area contributed by atoms with Gasteiger partial charge in [-0.2, -0.15) is 0 Å². The number of hydrogen-bond donors (Lipinski definition) is 1. The van der Waals surface area contributed by atoms with Crippen molar-refractivity contribution in [1.82, 2.24) is 14.5 Å². The van der Waals surface area contributed by atoms with Crippen LogP contribution in [-0.2, 0) is 22.6 Å². The van der Waals surface area contributed by atoms with Gasteiger partial charge in [0.1, 0.15) is 0 Å². The molecule has 0 radical (unpaired) electrons. The van der Waals surface area contributed by atoms with E-state index in [4.69, 9.17) is 4.74 Å². The second kappa shape index (κ2) is 9.88. The topological polar surface area (TPSA) is 103 Å². The summed E-state index contributed by atoms with van der Waals surface area (Å²) >= 11 is 0. The van der Waals surface area contributed by atoms with Crippen LogP contribution in [0.5, 0.6) is 0 Å². The Bertz CT molecular complexity index is 1240. The molecular formula is C25H27N5O4. The van der Waals surface area contributed by atoms with Gasteiger partial charge in [0.2, 0.25) is 5.95 Å². The number of fused-ring (bicyclic) bond motifs is 1. The molecule has 9 nitrogen and oxygen atoms in total. The fourth-order valence-corrected chi connectivity index (χ4v) is 4.29. The molecule has 1 atom stereocenters. The van der Waals surface area contributed by atoms with E-state index in [1.165, 1.54) is 17.7 Å². The zero-order valence-electron chi connectivity index (χ0n) is 19.4. The average Bonchev–Trinajstić information content (AvgIpc) is 3.20. The van der Waals surface area contributed by atoms with Crippen molar-refractivity contribution < 1.29 is 14.5 Å². The van der Waals surface area contributed by atoms with E-state index in [1.54, 1.807) is 32.2 Å². The first kappa shape index (κ1) is 23.2. The number of carbonyl (C=O) groups excluding carboxylic acids is 1. The van der Waals surface area contributed by atoms with Crippen LogP contribution in [0.2, 0.25) is 0 Å². The lowest BCUT2D eigenvalue weighted by molar-refractivity contribution is -0.384. The number of aromatic nitrogens is 2. The first-order valence-electron chi connectivity index (χ1n) is 11.1. The van der Waals surface area contributed by atoms with Crippen LogP contribution in [0.4, 0.5) is 11.6 Å². The molecule has 0 amide bonds. The van der Waals surface area contributed by atoms with Crippen molar-refractivity contribution in [2.24, 2.45) is 0 Å². The van der Waals surface area contributed by atoms with Crippen molar-refractivity contribution >= 4 is 17.6 Å². The summed E-state index contributed by atoms with van der Waals surface area (Å²) in [5.74, 6) is 0.108. The van der Waals surface area contributed by atoms with E-state index >= 15 is 0 Å². The van der Waals surface area contributed by atoms with Gasteiger partial charge in [0.15, 0.2) is 0 Å². The van der Waals surface area contributed by atoms with Crippen molar-refractivity contribution in [2.75, 3.05) is 19.0 Å². The summed E-state index contributed by atoms with van der Waals surface area (Å²) < 4.78 is 7.29. The molecular weight excluding hydrogens is 434 g/mol. The number of non-ortho nitro benzene ring substituents is 1. The van der Waals surface area contributed by atoms with E-state index in [9.17, 15) is 14.9 Å². The molecule has 3 aromatic rings. The highest BCUT2D eigenvalue weighted by Crippen LogP contribution is 2.38. The monoisotopic (exact) mass is 461 g/mol. The van der Waals surface area contributed by atoms with Gasteiger partial charge in [-0.25, -0.2) is 9.78 Å². The Morgan fingerprint density at radius 2 is 1.97 bits per heavy atom. The number of nitrogens with one attached hydrogen (secondary N) is 1. The highest BCUT2D eigenvalue weighted by Gasteiger charge is 2.35. The quantitative estimate of drug-likeness (QED) is 0.303. The molecule has 0 saturated heterocycles. The summed E-state index contributed by atoms with van der Waals surface area (Å²) in [6.07, 6.45) is 1.77. The number of benzene rings is 2. The maximum atomic E-state index is 13.0. The van der Waals surface area contributed by atoms with Gasteiger partial charge in [-0.15, -0.1) is 0 Å². The highest BCUT2D eigenvalue weighted by molar-refractivity contribution is 5.92. The summed E-state index contributed by atoms with van der Waals surface area (Å²) in [4.78, 5) is 30.7. The lowest BCUT2D eigenvalue weighted by atomic mass is 9.94. The Morgan fingerprint density at radius 3 is 2.68 bits per heavy atom. The van der Waals surface area contributed by atoms with Crippen molar-refractivity contribution in [3.05, 3.63) is 99.0 Å². The number of hydrogen-bond acceptors (Lipinski definition) is 7. The Hall–Kier alpha value is -3.98. The molecule has 4 rings (SSSR count). The van der Waals surface area contributed by atoms with Crippen LogP contribution < -0.4 is 5.32 Å². The number of esters is 1. The van der Waals surface area contributed by atoms with Gasteiger partial charge in [-0.1, -0.05) is 42.5 Å². The fourth-order valence-electron chi connectivity index (χ4n) is 4.29. The number of imidazole rings is 1. The first-order chi connectivity index (χ1) is 16.4. The molecule has 1 aromatic heterocycles. The van der Waals surface area contributed by atoms with Gasteiger partial charge < -0.3 is 14.6 Å².